The number of hydrogen-bond donors (Lipinski definition) is 2. The number of primary amides is 1. The summed E-state index contributed by atoms with van der Waals surface area (Å²) in [4.78, 5) is 14.8. The molecule has 1 aliphatic rings. The van der Waals surface area contributed by atoms with Gasteiger partial charge in [0.25, 0.3) is 5.91 Å². The van der Waals surface area contributed by atoms with E-state index in [2.05, 4.69) is 4.98 Å². The zero-order valence-corrected chi connectivity index (χ0v) is 18.4. The van der Waals surface area contributed by atoms with Crippen molar-refractivity contribution in [2.24, 2.45) is 5.73 Å². The molecule has 1 saturated heterocycles. The number of fused-ring (bicyclic) bond motifs is 1. The predicted molar refractivity (Wildman–Crippen MR) is 117 cm³/mol. The van der Waals surface area contributed by atoms with Gasteiger partial charge in [0, 0.05) is 23.5 Å². The maximum atomic E-state index is 13.6. The molecule has 31 heavy (non-hydrogen) atoms. The first kappa shape index (κ1) is 21.6. The van der Waals surface area contributed by atoms with Gasteiger partial charge < -0.3 is 20.2 Å². The molecule has 3 aromatic rings. The molecule has 1 atom stereocenters. The van der Waals surface area contributed by atoms with Crippen molar-refractivity contribution in [1.29, 1.82) is 0 Å². The molecule has 2 aromatic carbocycles. The molecular formula is C21H22ClN3O5S. The Balaban J connectivity index is 1.65. The van der Waals surface area contributed by atoms with Gasteiger partial charge in [-0.3, -0.25) is 4.79 Å². The van der Waals surface area contributed by atoms with Crippen molar-refractivity contribution >= 4 is 38.4 Å². The average Bonchev–Trinajstić information content (AvgIpc) is 3.14. The monoisotopic (exact) mass is 463 g/mol. The number of nitrogens with zero attached hydrogens (tertiary/aromatic N) is 1. The number of benzene rings is 2. The van der Waals surface area contributed by atoms with Gasteiger partial charge in [0.05, 0.1) is 12.1 Å². The van der Waals surface area contributed by atoms with E-state index in [0.717, 1.165) is 0 Å². The Kier molecular flexibility index (Phi) is 5.94. The fraction of sp³-hybridized carbons (Fsp3) is 0.286. The normalized spacial score (nSPS) is 17.7. The summed E-state index contributed by atoms with van der Waals surface area (Å²) in [5.74, 6) is -0.189. The minimum atomic E-state index is -4.06. The molecule has 10 heteroatoms. The van der Waals surface area contributed by atoms with Gasteiger partial charge in [-0.05, 0) is 36.8 Å². The highest BCUT2D eigenvalue weighted by molar-refractivity contribution is 7.89. The second-order valence-electron chi connectivity index (χ2n) is 7.32. The Bertz CT molecular complexity index is 1230. The van der Waals surface area contributed by atoms with Gasteiger partial charge >= 0.3 is 0 Å². The number of carbonyl (C=O) groups is 1. The lowest BCUT2D eigenvalue weighted by Crippen LogP contribution is -2.47. The molecule has 0 saturated carbocycles. The van der Waals surface area contributed by atoms with Crippen molar-refractivity contribution in [2.75, 3.05) is 26.3 Å². The number of H-pyrrole nitrogens is 1. The lowest BCUT2D eigenvalue weighted by atomic mass is 10.1. The number of ether oxygens (including phenoxy) is 2. The number of carbonyl (C=O) groups excluding carboxylic acids is 1. The second-order valence-corrected chi connectivity index (χ2v) is 9.63. The first-order valence-corrected chi connectivity index (χ1v) is 11.5. The number of aromatic amines is 1. The molecule has 1 amide bonds. The fourth-order valence-electron chi connectivity index (χ4n) is 3.69. The smallest absolute Gasteiger partial charge is 0.266 e. The largest absolute Gasteiger partial charge is 0.491 e. The van der Waals surface area contributed by atoms with Crippen LogP contribution in [0.5, 0.6) is 5.75 Å². The number of para-hydroxylation sites is 1. The summed E-state index contributed by atoms with van der Waals surface area (Å²) < 4.78 is 39.9. The molecule has 1 aromatic heterocycles. The van der Waals surface area contributed by atoms with Crippen LogP contribution in [0.4, 0.5) is 0 Å². The fourth-order valence-corrected chi connectivity index (χ4v) is 5.75. The molecule has 4 rings (SSSR count). The van der Waals surface area contributed by atoms with Crippen LogP contribution in [-0.4, -0.2) is 56.0 Å². The van der Waals surface area contributed by atoms with Crippen LogP contribution in [0.25, 0.3) is 10.9 Å². The van der Waals surface area contributed by atoms with E-state index in [4.69, 9.17) is 26.8 Å². The molecule has 8 nitrogen and oxygen atoms in total. The predicted octanol–water partition coefficient (Wildman–Crippen LogP) is 2.70. The summed E-state index contributed by atoms with van der Waals surface area (Å²) in [5.41, 5.74) is 6.56. The number of aryl methyl sites for hydroxylation is 1. The number of morpholine rings is 1. The number of nitrogens with two attached hydrogens (primary N) is 1. The van der Waals surface area contributed by atoms with Crippen LogP contribution in [-0.2, 0) is 14.8 Å². The van der Waals surface area contributed by atoms with Gasteiger partial charge in [0.15, 0.2) is 0 Å². The molecule has 1 aliphatic heterocycles. The second kappa shape index (κ2) is 8.51. The van der Waals surface area contributed by atoms with Crippen LogP contribution in [0, 0.1) is 6.92 Å². The molecule has 0 aliphatic carbocycles. The van der Waals surface area contributed by atoms with Gasteiger partial charge in [0.2, 0.25) is 10.0 Å². The first-order valence-electron chi connectivity index (χ1n) is 9.68. The van der Waals surface area contributed by atoms with E-state index in [0.29, 0.717) is 27.2 Å². The van der Waals surface area contributed by atoms with E-state index in [1.807, 2.05) is 30.3 Å². The van der Waals surface area contributed by atoms with E-state index in [-0.39, 0.29) is 36.9 Å². The van der Waals surface area contributed by atoms with Gasteiger partial charge in [-0.25, -0.2) is 8.42 Å². The first-order chi connectivity index (χ1) is 14.8. The molecule has 0 radical (unpaired) electrons. The minimum Gasteiger partial charge on any atom is -0.491 e. The number of halogens is 1. The van der Waals surface area contributed by atoms with E-state index in [1.54, 1.807) is 13.0 Å². The topological polar surface area (TPSA) is 115 Å². The SMILES string of the molecule is Cc1cc(Cl)cc2c(S(=O)(=O)N3CCOC(COc4ccccc4)C3)c(C(N)=O)[nH]c12. The Morgan fingerprint density at radius 2 is 2.06 bits per heavy atom. The minimum absolute atomic E-state index is 0.0829. The summed E-state index contributed by atoms with van der Waals surface area (Å²) in [6.07, 6.45) is -0.462. The number of sulfonamides is 1. The van der Waals surface area contributed by atoms with Crippen LogP contribution in [0.3, 0.4) is 0 Å². The standard InChI is InChI=1S/C21H22ClN3O5S/c1-13-9-14(22)10-17-18(13)24-19(21(23)26)20(17)31(27,28)25-7-8-29-16(11-25)12-30-15-5-3-2-4-6-15/h2-6,9-10,16,24H,7-8,11-12H2,1H3,(H2,23,26). The number of nitrogens with one attached hydrogen (secondary N) is 1. The number of rotatable bonds is 6. The van der Waals surface area contributed by atoms with Gasteiger partial charge in [-0.1, -0.05) is 29.8 Å². The highest BCUT2D eigenvalue weighted by Crippen LogP contribution is 2.34. The molecule has 0 bridgehead atoms. The number of hydrogen-bond acceptors (Lipinski definition) is 5. The number of aromatic nitrogens is 1. The Hall–Kier alpha value is -2.59. The van der Waals surface area contributed by atoms with Crippen LogP contribution in [0.15, 0.2) is 47.4 Å². The molecule has 3 N–H and O–H groups in total. The van der Waals surface area contributed by atoms with Crippen molar-refractivity contribution in [3.05, 3.63) is 58.7 Å². The van der Waals surface area contributed by atoms with Crippen LogP contribution in [0.2, 0.25) is 5.02 Å². The third kappa shape index (κ3) is 4.27. The zero-order chi connectivity index (χ0) is 22.2. The molecule has 1 unspecified atom stereocenters. The Labute approximate surface area is 184 Å². The van der Waals surface area contributed by atoms with Crippen LogP contribution in [0.1, 0.15) is 16.1 Å². The molecule has 0 spiro atoms. The quantitative estimate of drug-likeness (QED) is 0.583. The summed E-state index contributed by atoms with van der Waals surface area (Å²) >= 11 is 6.17. The van der Waals surface area contributed by atoms with E-state index >= 15 is 0 Å². The lowest BCUT2D eigenvalue weighted by Gasteiger charge is -2.32. The van der Waals surface area contributed by atoms with Gasteiger partial charge in [-0.2, -0.15) is 4.31 Å². The zero-order valence-electron chi connectivity index (χ0n) is 16.8. The summed E-state index contributed by atoms with van der Waals surface area (Å²) in [5, 5.41) is 0.704. The van der Waals surface area contributed by atoms with E-state index in [1.165, 1.54) is 10.4 Å². The highest BCUT2D eigenvalue weighted by atomic mass is 35.5. The van der Waals surface area contributed by atoms with Crippen molar-refractivity contribution in [2.45, 2.75) is 17.9 Å². The summed E-state index contributed by atoms with van der Waals surface area (Å²) in [6.45, 7) is 2.40. The molecular weight excluding hydrogens is 442 g/mol. The Morgan fingerprint density at radius 3 is 2.77 bits per heavy atom. The Morgan fingerprint density at radius 1 is 1.32 bits per heavy atom. The van der Waals surface area contributed by atoms with Gasteiger partial charge in [0.1, 0.15) is 29.0 Å². The average molecular weight is 464 g/mol. The van der Waals surface area contributed by atoms with Crippen molar-refractivity contribution < 1.29 is 22.7 Å². The van der Waals surface area contributed by atoms with Crippen LogP contribution < -0.4 is 10.5 Å². The highest BCUT2D eigenvalue weighted by Gasteiger charge is 2.36. The van der Waals surface area contributed by atoms with Crippen molar-refractivity contribution in [1.82, 2.24) is 9.29 Å². The summed E-state index contributed by atoms with van der Waals surface area (Å²) in [6, 6.07) is 12.4. The van der Waals surface area contributed by atoms with Gasteiger partial charge in [-0.15, -0.1) is 0 Å². The molecule has 164 valence electrons. The van der Waals surface area contributed by atoms with Crippen LogP contribution >= 0.6 is 11.6 Å². The van der Waals surface area contributed by atoms with Crippen molar-refractivity contribution in [3.8, 4) is 5.75 Å². The number of amides is 1. The summed E-state index contributed by atoms with van der Waals surface area (Å²) in [7, 11) is -4.06. The van der Waals surface area contributed by atoms with E-state index < -0.39 is 22.0 Å². The lowest BCUT2D eigenvalue weighted by molar-refractivity contribution is -0.0249. The maximum Gasteiger partial charge on any atom is 0.266 e. The maximum absolute atomic E-state index is 13.6. The van der Waals surface area contributed by atoms with Crippen molar-refractivity contribution in [3.63, 3.8) is 0 Å². The third-order valence-corrected chi connectivity index (χ3v) is 7.32. The van der Waals surface area contributed by atoms with E-state index in [9.17, 15) is 13.2 Å². The molecule has 1 fully saturated rings. The third-order valence-electron chi connectivity index (χ3n) is 5.15. The molecule has 2 heterocycles.